The van der Waals surface area contributed by atoms with Crippen LogP contribution in [0.15, 0.2) is 42.5 Å². The van der Waals surface area contributed by atoms with E-state index in [9.17, 15) is 18.0 Å². The SMILES string of the molecule is CC[C@H](C(=O)NC1CCCCC1)N(Cc1ccc(C)cc1)C(=O)CN(c1cccc(Cl)c1C)S(C)(=O)=O. The summed E-state index contributed by atoms with van der Waals surface area (Å²) in [5, 5.41) is 3.56. The predicted octanol–water partition coefficient (Wildman–Crippen LogP) is 4.98. The molecule has 2 amide bonds. The normalized spacial score (nSPS) is 15.2. The van der Waals surface area contributed by atoms with Gasteiger partial charge in [0.1, 0.15) is 12.6 Å². The third kappa shape index (κ3) is 7.71. The summed E-state index contributed by atoms with van der Waals surface area (Å²) in [6, 6.07) is 12.1. The van der Waals surface area contributed by atoms with Gasteiger partial charge in [-0.3, -0.25) is 13.9 Å². The molecule has 0 spiro atoms. The van der Waals surface area contributed by atoms with E-state index in [1.54, 1.807) is 25.1 Å². The van der Waals surface area contributed by atoms with Gasteiger partial charge in [0.2, 0.25) is 21.8 Å². The second-order valence-electron chi connectivity index (χ2n) is 9.93. The van der Waals surface area contributed by atoms with Gasteiger partial charge in [-0.1, -0.05) is 73.7 Å². The lowest BCUT2D eigenvalue weighted by Gasteiger charge is -2.34. The molecule has 2 aromatic rings. The van der Waals surface area contributed by atoms with Crippen molar-refractivity contribution in [3.63, 3.8) is 0 Å². The summed E-state index contributed by atoms with van der Waals surface area (Å²) in [6.07, 6.45) is 6.68. The number of nitrogens with one attached hydrogen (secondary N) is 1. The van der Waals surface area contributed by atoms with Crippen LogP contribution in [0.1, 0.15) is 62.1 Å². The number of rotatable bonds is 10. The first-order valence-corrected chi connectivity index (χ1v) is 15.1. The van der Waals surface area contributed by atoms with Crippen LogP contribution in [0.25, 0.3) is 0 Å². The number of aryl methyl sites for hydroxylation is 1. The van der Waals surface area contributed by atoms with Gasteiger partial charge in [0.25, 0.3) is 0 Å². The first-order chi connectivity index (χ1) is 17.5. The topological polar surface area (TPSA) is 86.8 Å². The number of benzene rings is 2. The van der Waals surface area contributed by atoms with Crippen molar-refractivity contribution in [3.05, 3.63) is 64.2 Å². The molecule has 0 aliphatic heterocycles. The van der Waals surface area contributed by atoms with Gasteiger partial charge in [0, 0.05) is 17.6 Å². The van der Waals surface area contributed by atoms with Gasteiger partial charge in [0.05, 0.1) is 11.9 Å². The summed E-state index contributed by atoms with van der Waals surface area (Å²) in [7, 11) is -3.81. The third-order valence-corrected chi connectivity index (χ3v) is 8.53. The van der Waals surface area contributed by atoms with Crippen molar-refractivity contribution in [1.82, 2.24) is 10.2 Å². The lowest BCUT2D eigenvalue weighted by molar-refractivity contribution is -0.140. The third-order valence-electron chi connectivity index (χ3n) is 7.00. The van der Waals surface area contributed by atoms with Crippen LogP contribution < -0.4 is 9.62 Å². The Hall–Kier alpha value is -2.58. The lowest BCUT2D eigenvalue weighted by Crippen LogP contribution is -2.54. The maximum atomic E-state index is 13.8. The van der Waals surface area contributed by atoms with Gasteiger partial charge in [-0.15, -0.1) is 0 Å². The Morgan fingerprint density at radius 2 is 1.70 bits per heavy atom. The van der Waals surface area contributed by atoms with Crippen LogP contribution in [0, 0.1) is 13.8 Å². The van der Waals surface area contributed by atoms with E-state index in [4.69, 9.17) is 11.6 Å². The summed E-state index contributed by atoms with van der Waals surface area (Å²) >= 11 is 6.26. The first kappa shape index (κ1) is 29.0. The second kappa shape index (κ2) is 12.8. The summed E-state index contributed by atoms with van der Waals surface area (Å²) in [5.74, 6) is -0.643. The number of carbonyl (C=O) groups excluding carboxylic acids is 2. The number of amides is 2. The first-order valence-electron chi connectivity index (χ1n) is 12.9. The molecule has 0 bridgehead atoms. The number of carbonyl (C=O) groups is 2. The molecule has 0 aromatic heterocycles. The van der Waals surface area contributed by atoms with Crippen molar-refractivity contribution >= 4 is 39.1 Å². The van der Waals surface area contributed by atoms with E-state index in [-0.39, 0.29) is 18.5 Å². The minimum atomic E-state index is -3.81. The Kier molecular flexibility index (Phi) is 10.0. The molecule has 1 aliphatic rings. The van der Waals surface area contributed by atoms with E-state index in [1.165, 1.54) is 11.3 Å². The highest BCUT2D eigenvalue weighted by Crippen LogP contribution is 2.28. The molecular weight excluding hydrogens is 510 g/mol. The van der Waals surface area contributed by atoms with Crippen molar-refractivity contribution in [2.24, 2.45) is 0 Å². The summed E-state index contributed by atoms with van der Waals surface area (Å²) in [5.41, 5.74) is 2.86. The molecule has 1 aliphatic carbocycles. The number of sulfonamides is 1. The van der Waals surface area contributed by atoms with Crippen molar-refractivity contribution in [1.29, 1.82) is 0 Å². The fraction of sp³-hybridized carbons (Fsp3) is 0.500. The van der Waals surface area contributed by atoms with Crippen LogP contribution in [-0.2, 0) is 26.2 Å². The molecule has 37 heavy (non-hydrogen) atoms. The average Bonchev–Trinajstić information content (AvgIpc) is 2.85. The van der Waals surface area contributed by atoms with Crippen molar-refractivity contribution in [2.45, 2.75) is 77.9 Å². The zero-order valence-corrected chi connectivity index (χ0v) is 23.7. The van der Waals surface area contributed by atoms with Crippen LogP contribution in [0.2, 0.25) is 5.02 Å². The number of nitrogens with zero attached hydrogens (tertiary/aromatic N) is 2. The van der Waals surface area contributed by atoms with Crippen molar-refractivity contribution in [2.75, 3.05) is 17.1 Å². The molecule has 3 rings (SSSR count). The molecule has 0 saturated heterocycles. The Balaban J connectivity index is 1.93. The average molecular weight is 548 g/mol. The Morgan fingerprint density at radius 1 is 1.05 bits per heavy atom. The van der Waals surface area contributed by atoms with E-state index in [1.807, 2.05) is 38.1 Å². The minimum Gasteiger partial charge on any atom is -0.352 e. The Labute approximate surface area is 226 Å². The monoisotopic (exact) mass is 547 g/mol. The number of hydrogen-bond donors (Lipinski definition) is 1. The Bertz CT molecular complexity index is 1190. The van der Waals surface area contributed by atoms with E-state index in [0.717, 1.165) is 47.4 Å². The van der Waals surface area contributed by atoms with Crippen LogP contribution in [0.4, 0.5) is 5.69 Å². The summed E-state index contributed by atoms with van der Waals surface area (Å²) in [6.45, 7) is 5.34. The maximum Gasteiger partial charge on any atom is 0.244 e. The number of hydrogen-bond acceptors (Lipinski definition) is 4. The van der Waals surface area contributed by atoms with Crippen molar-refractivity contribution in [3.8, 4) is 0 Å². The molecule has 0 unspecified atom stereocenters. The standard InChI is InChI=1S/C28H38ClN3O4S/c1-5-25(28(34)30-23-10-7-6-8-11-23)31(18-22-16-14-20(2)15-17-22)27(33)19-32(37(4,35)36)26-13-9-12-24(29)21(26)3/h9,12-17,23,25H,5-8,10-11,18-19H2,1-4H3,(H,30,34)/t25-/m1/s1. The van der Waals surface area contributed by atoms with Crippen LogP contribution in [-0.4, -0.2) is 50.0 Å². The maximum absolute atomic E-state index is 13.8. The zero-order chi connectivity index (χ0) is 27.2. The molecule has 1 N–H and O–H groups in total. The van der Waals surface area contributed by atoms with Gasteiger partial charge < -0.3 is 10.2 Å². The zero-order valence-electron chi connectivity index (χ0n) is 22.2. The minimum absolute atomic E-state index is 0.105. The quantitative estimate of drug-likeness (QED) is 0.454. The highest BCUT2D eigenvalue weighted by molar-refractivity contribution is 7.92. The van der Waals surface area contributed by atoms with Crippen molar-refractivity contribution < 1.29 is 18.0 Å². The summed E-state index contributed by atoms with van der Waals surface area (Å²) in [4.78, 5) is 28.8. The van der Waals surface area contributed by atoms with E-state index in [2.05, 4.69) is 5.32 Å². The van der Waals surface area contributed by atoms with Gasteiger partial charge in [-0.25, -0.2) is 8.42 Å². The molecular formula is C28H38ClN3O4S. The Morgan fingerprint density at radius 3 is 2.30 bits per heavy atom. The van der Waals surface area contributed by atoms with Gasteiger partial charge >= 0.3 is 0 Å². The van der Waals surface area contributed by atoms with Gasteiger partial charge in [0.15, 0.2) is 0 Å². The number of anilines is 1. The molecule has 0 heterocycles. The molecule has 2 aromatic carbocycles. The molecule has 1 saturated carbocycles. The lowest BCUT2D eigenvalue weighted by atomic mass is 9.95. The van der Waals surface area contributed by atoms with E-state index in [0.29, 0.717) is 22.7 Å². The highest BCUT2D eigenvalue weighted by atomic mass is 35.5. The predicted molar refractivity (Wildman–Crippen MR) is 149 cm³/mol. The molecule has 1 atom stereocenters. The second-order valence-corrected chi connectivity index (χ2v) is 12.2. The molecule has 9 heteroatoms. The summed E-state index contributed by atoms with van der Waals surface area (Å²) < 4.78 is 26.7. The smallest absolute Gasteiger partial charge is 0.244 e. The van der Waals surface area contributed by atoms with Crippen LogP contribution >= 0.6 is 11.6 Å². The molecule has 1 fully saturated rings. The molecule has 202 valence electrons. The van der Waals surface area contributed by atoms with Gasteiger partial charge in [-0.05, 0) is 56.4 Å². The van der Waals surface area contributed by atoms with E-state index < -0.39 is 28.5 Å². The molecule has 0 radical (unpaired) electrons. The number of halogens is 1. The largest absolute Gasteiger partial charge is 0.352 e. The van der Waals surface area contributed by atoms with Gasteiger partial charge in [-0.2, -0.15) is 0 Å². The van der Waals surface area contributed by atoms with Crippen LogP contribution in [0.5, 0.6) is 0 Å². The fourth-order valence-corrected chi connectivity index (χ4v) is 5.88. The fourth-order valence-electron chi connectivity index (χ4n) is 4.82. The molecule has 7 nitrogen and oxygen atoms in total. The van der Waals surface area contributed by atoms with Crippen LogP contribution in [0.3, 0.4) is 0 Å². The highest BCUT2D eigenvalue weighted by Gasteiger charge is 2.33. The van der Waals surface area contributed by atoms with E-state index >= 15 is 0 Å².